The summed E-state index contributed by atoms with van der Waals surface area (Å²) in [6.07, 6.45) is -2.58. The molecule has 1 atom stereocenters. The number of likely N-dealkylation sites (tertiary alicyclic amines) is 1. The lowest BCUT2D eigenvalue weighted by molar-refractivity contribution is -0.274. The van der Waals surface area contributed by atoms with E-state index in [1.165, 1.54) is 12.1 Å². The van der Waals surface area contributed by atoms with Gasteiger partial charge in [-0.25, -0.2) is 0 Å². The molecule has 0 bridgehead atoms. The monoisotopic (exact) mass is 316 g/mol. The fourth-order valence-electron chi connectivity index (χ4n) is 2.73. The minimum Gasteiger partial charge on any atom is -0.406 e. The summed E-state index contributed by atoms with van der Waals surface area (Å²) < 4.78 is 41.0. The first-order valence-electron chi connectivity index (χ1n) is 7.24. The zero-order chi connectivity index (χ0) is 16.2. The third-order valence-corrected chi connectivity index (χ3v) is 3.78. The van der Waals surface area contributed by atoms with Crippen LogP contribution in [0.5, 0.6) is 5.75 Å². The van der Waals surface area contributed by atoms with Gasteiger partial charge in [-0.1, -0.05) is 18.2 Å². The number of nitrogens with two attached hydrogens (primary N) is 1. The van der Waals surface area contributed by atoms with E-state index in [0.29, 0.717) is 18.7 Å². The highest BCUT2D eigenvalue weighted by atomic mass is 19.4. The highest BCUT2D eigenvalue weighted by Gasteiger charge is 2.32. The number of ether oxygens (including phenoxy) is 1. The van der Waals surface area contributed by atoms with E-state index in [1.54, 1.807) is 17.0 Å². The van der Waals surface area contributed by atoms with Crippen molar-refractivity contribution in [3.8, 4) is 5.75 Å². The average molecular weight is 316 g/mol. The summed E-state index contributed by atoms with van der Waals surface area (Å²) in [7, 11) is 0. The van der Waals surface area contributed by atoms with Crippen molar-refractivity contribution < 1.29 is 22.7 Å². The number of benzene rings is 1. The maximum atomic E-state index is 12.4. The fraction of sp³-hybridized carbons (Fsp3) is 0.533. The Balaban J connectivity index is 1.98. The number of para-hydroxylation sites is 1. The molecule has 0 saturated carbocycles. The van der Waals surface area contributed by atoms with Gasteiger partial charge in [0.15, 0.2) is 0 Å². The minimum atomic E-state index is -4.74. The van der Waals surface area contributed by atoms with Crippen LogP contribution in [-0.2, 0) is 11.2 Å². The van der Waals surface area contributed by atoms with Gasteiger partial charge in [0, 0.05) is 25.6 Å². The maximum Gasteiger partial charge on any atom is 0.573 e. The second-order valence-electron chi connectivity index (χ2n) is 5.27. The van der Waals surface area contributed by atoms with Crippen LogP contribution in [0, 0.1) is 0 Å². The number of halogens is 3. The lowest BCUT2D eigenvalue weighted by Gasteiger charge is -2.23. The molecule has 22 heavy (non-hydrogen) atoms. The van der Waals surface area contributed by atoms with Crippen molar-refractivity contribution in [1.29, 1.82) is 0 Å². The molecule has 0 aliphatic carbocycles. The minimum absolute atomic E-state index is 0.0502. The van der Waals surface area contributed by atoms with Crippen molar-refractivity contribution in [2.75, 3.05) is 13.1 Å². The highest BCUT2D eigenvalue weighted by molar-refractivity contribution is 5.77. The van der Waals surface area contributed by atoms with Crippen LogP contribution in [-0.4, -0.2) is 36.3 Å². The molecule has 1 saturated heterocycles. The normalized spacial score (nSPS) is 18.5. The Hall–Kier alpha value is -1.76. The Kier molecular flexibility index (Phi) is 5.28. The summed E-state index contributed by atoms with van der Waals surface area (Å²) in [5.74, 6) is -0.325. The van der Waals surface area contributed by atoms with E-state index in [2.05, 4.69) is 4.74 Å². The Morgan fingerprint density at radius 3 is 2.77 bits per heavy atom. The van der Waals surface area contributed by atoms with Gasteiger partial charge in [-0.2, -0.15) is 0 Å². The Labute approximate surface area is 127 Å². The molecule has 7 heteroatoms. The molecule has 1 aromatic rings. The van der Waals surface area contributed by atoms with Crippen LogP contribution in [0.15, 0.2) is 24.3 Å². The van der Waals surface area contributed by atoms with E-state index in [4.69, 9.17) is 5.73 Å². The summed E-state index contributed by atoms with van der Waals surface area (Å²) in [6, 6.07) is 5.94. The van der Waals surface area contributed by atoms with Crippen LogP contribution >= 0.6 is 0 Å². The number of rotatable bonds is 5. The Morgan fingerprint density at radius 2 is 2.09 bits per heavy atom. The standard InChI is InChI=1S/C15H19F3N2O2/c16-15(17,18)22-13-6-2-1-4-11(13)7-8-14(21)20-9-3-5-12(20)10-19/h1-2,4,6,12H,3,5,7-10,19H2/t12-/m0/s1. The van der Waals surface area contributed by atoms with E-state index in [-0.39, 0.29) is 30.5 Å². The molecule has 1 fully saturated rings. The van der Waals surface area contributed by atoms with Gasteiger partial charge in [0.1, 0.15) is 5.75 Å². The molecule has 1 aliphatic heterocycles. The average Bonchev–Trinajstić information content (AvgIpc) is 2.93. The molecule has 1 heterocycles. The second kappa shape index (κ2) is 7.00. The number of hydrogen-bond acceptors (Lipinski definition) is 3. The third kappa shape index (κ3) is 4.37. The van der Waals surface area contributed by atoms with Gasteiger partial charge in [0.2, 0.25) is 5.91 Å². The zero-order valence-electron chi connectivity index (χ0n) is 12.1. The summed E-state index contributed by atoms with van der Waals surface area (Å²) in [6.45, 7) is 1.08. The molecular formula is C15H19F3N2O2. The smallest absolute Gasteiger partial charge is 0.406 e. The van der Waals surface area contributed by atoms with Crippen molar-refractivity contribution in [3.63, 3.8) is 0 Å². The lowest BCUT2D eigenvalue weighted by atomic mass is 10.1. The van der Waals surface area contributed by atoms with Crippen molar-refractivity contribution in [2.45, 2.75) is 38.1 Å². The van der Waals surface area contributed by atoms with Crippen molar-refractivity contribution in [2.24, 2.45) is 5.73 Å². The number of amides is 1. The predicted molar refractivity (Wildman–Crippen MR) is 75.2 cm³/mol. The molecule has 0 unspecified atom stereocenters. The van der Waals surface area contributed by atoms with E-state index in [0.717, 1.165) is 12.8 Å². The predicted octanol–water partition coefficient (Wildman–Crippen LogP) is 2.47. The van der Waals surface area contributed by atoms with Crippen molar-refractivity contribution in [1.82, 2.24) is 4.90 Å². The lowest BCUT2D eigenvalue weighted by Crippen LogP contribution is -2.40. The molecule has 1 amide bonds. The first-order valence-corrected chi connectivity index (χ1v) is 7.24. The van der Waals surface area contributed by atoms with Crippen LogP contribution in [0.25, 0.3) is 0 Å². The van der Waals surface area contributed by atoms with Gasteiger partial charge in [0.25, 0.3) is 0 Å². The molecular weight excluding hydrogens is 297 g/mol. The van der Waals surface area contributed by atoms with Crippen molar-refractivity contribution in [3.05, 3.63) is 29.8 Å². The maximum absolute atomic E-state index is 12.4. The van der Waals surface area contributed by atoms with Crippen LogP contribution in [0.1, 0.15) is 24.8 Å². The Morgan fingerprint density at radius 1 is 1.36 bits per heavy atom. The van der Waals surface area contributed by atoms with Gasteiger partial charge >= 0.3 is 6.36 Å². The summed E-state index contributed by atoms with van der Waals surface area (Å²) >= 11 is 0. The number of nitrogens with zero attached hydrogens (tertiary/aromatic N) is 1. The van der Waals surface area contributed by atoms with Gasteiger partial charge < -0.3 is 15.4 Å². The molecule has 1 aromatic carbocycles. The summed E-state index contributed by atoms with van der Waals surface area (Å²) in [5.41, 5.74) is 6.00. The molecule has 122 valence electrons. The number of carbonyl (C=O) groups excluding carboxylic acids is 1. The molecule has 0 radical (unpaired) electrons. The van der Waals surface area contributed by atoms with Gasteiger partial charge in [-0.3, -0.25) is 4.79 Å². The highest BCUT2D eigenvalue weighted by Crippen LogP contribution is 2.27. The number of hydrogen-bond donors (Lipinski definition) is 1. The van der Waals surface area contributed by atoms with Gasteiger partial charge in [0.05, 0.1) is 0 Å². The summed E-state index contributed by atoms with van der Waals surface area (Å²) in [4.78, 5) is 13.9. The molecule has 2 N–H and O–H groups in total. The number of aryl methyl sites for hydroxylation is 1. The quantitative estimate of drug-likeness (QED) is 0.908. The van der Waals surface area contributed by atoms with E-state index >= 15 is 0 Å². The molecule has 1 aliphatic rings. The molecule has 0 aromatic heterocycles. The van der Waals surface area contributed by atoms with Gasteiger partial charge in [-0.15, -0.1) is 13.2 Å². The number of alkyl halides is 3. The van der Waals surface area contributed by atoms with Crippen LogP contribution < -0.4 is 10.5 Å². The molecule has 2 rings (SSSR count). The van der Waals surface area contributed by atoms with Crippen LogP contribution in [0.3, 0.4) is 0 Å². The molecule has 4 nitrogen and oxygen atoms in total. The van der Waals surface area contributed by atoms with Crippen LogP contribution in [0.4, 0.5) is 13.2 Å². The van der Waals surface area contributed by atoms with E-state index < -0.39 is 6.36 Å². The topological polar surface area (TPSA) is 55.6 Å². The Bertz CT molecular complexity index is 520. The molecule has 0 spiro atoms. The van der Waals surface area contributed by atoms with Gasteiger partial charge in [-0.05, 0) is 30.9 Å². The van der Waals surface area contributed by atoms with Crippen molar-refractivity contribution >= 4 is 5.91 Å². The largest absolute Gasteiger partial charge is 0.573 e. The first-order chi connectivity index (χ1) is 10.4. The summed E-state index contributed by atoms with van der Waals surface area (Å²) in [5, 5.41) is 0. The SMILES string of the molecule is NC[C@@H]1CCCN1C(=O)CCc1ccccc1OC(F)(F)F. The number of carbonyl (C=O) groups is 1. The van der Waals surface area contributed by atoms with E-state index in [1.807, 2.05) is 0 Å². The third-order valence-electron chi connectivity index (χ3n) is 3.78. The van der Waals surface area contributed by atoms with Crippen LogP contribution in [0.2, 0.25) is 0 Å². The zero-order valence-corrected chi connectivity index (χ0v) is 12.1. The fourth-order valence-corrected chi connectivity index (χ4v) is 2.73. The van der Waals surface area contributed by atoms with E-state index in [9.17, 15) is 18.0 Å². The first kappa shape index (κ1) is 16.6. The second-order valence-corrected chi connectivity index (χ2v) is 5.27.